The maximum Gasteiger partial charge on any atom is 0.266 e. The van der Waals surface area contributed by atoms with Gasteiger partial charge in [-0.25, -0.2) is 9.38 Å². The largest absolute Gasteiger partial charge is 0.361 e. The van der Waals surface area contributed by atoms with E-state index in [9.17, 15) is 9.18 Å². The number of aliphatic imine (C=N–C) groups is 1. The number of nitrogens with zero attached hydrogens (tertiary/aromatic N) is 3. The molecule has 0 unspecified atom stereocenters. The van der Waals surface area contributed by atoms with Gasteiger partial charge in [0.05, 0.1) is 10.6 Å². The van der Waals surface area contributed by atoms with Crippen molar-refractivity contribution in [1.82, 2.24) is 14.5 Å². The molecule has 206 valence electrons. The van der Waals surface area contributed by atoms with Crippen LogP contribution in [0.1, 0.15) is 16.7 Å². The van der Waals surface area contributed by atoms with E-state index in [-0.39, 0.29) is 11.7 Å². The highest BCUT2D eigenvalue weighted by Gasteiger charge is 2.33. The summed E-state index contributed by atoms with van der Waals surface area (Å²) in [4.78, 5) is 24.4. The predicted octanol–water partition coefficient (Wildman–Crippen LogP) is 8.16. The molecule has 0 saturated carbocycles. The number of amidine groups is 1. The molecule has 0 bridgehead atoms. The Morgan fingerprint density at radius 1 is 0.905 bits per heavy atom. The third-order valence-corrected chi connectivity index (χ3v) is 8.49. The molecule has 0 spiro atoms. The first kappa shape index (κ1) is 26.0. The maximum absolute atomic E-state index is 13.7. The van der Waals surface area contributed by atoms with Crippen molar-refractivity contribution in [2.75, 3.05) is 6.54 Å². The first-order valence-electron chi connectivity index (χ1n) is 13.8. The van der Waals surface area contributed by atoms with E-state index in [2.05, 4.69) is 39.9 Å². The molecule has 1 saturated heterocycles. The summed E-state index contributed by atoms with van der Waals surface area (Å²) in [6, 6.07) is 32.8. The Labute approximate surface area is 247 Å². The van der Waals surface area contributed by atoms with E-state index in [0.717, 1.165) is 33.2 Å². The van der Waals surface area contributed by atoms with Crippen LogP contribution in [-0.4, -0.2) is 32.1 Å². The SMILES string of the molecule is O=C1/C(=C/c2ccc3c(ccn3Cc3cccc(F)c3)c2)SC(=Nc2ccccc2)N1CCc1c[nH]c2ccccc12. The van der Waals surface area contributed by atoms with Crippen molar-refractivity contribution in [3.05, 3.63) is 143 Å². The lowest BCUT2D eigenvalue weighted by Crippen LogP contribution is -2.31. The van der Waals surface area contributed by atoms with Gasteiger partial charge in [0, 0.05) is 47.3 Å². The van der Waals surface area contributed by atoms with Gasteiger partial charge >= 0.3 is 0 Å². The van der Waals surface area contributed by atoms with E-state index in [1.165, 1.54) is 28.8 Å². The number of thioether (sulfide) groups is 1. The lowest BCUT2D eigenvalue weighted by Gasteiger charge is -2.15. The second-order valence-corrected chi connectivity index (χ2v) is 11.3. The summed E-state index contributed by atoms with van der Waals surface area (Å²) < 4.78 is 15.8. The van der Waals surface area contributed by atoms with Crippen molar-refractivity contribution >= 4 is 56.4 Å². The predicted molar refractivity (Wildman–Crippen MR) is 170 cm³/mol. The van der Waals surface area contributed by atoms with E-state index in [1.807, 2.05) is 73.1 Å². The van der Waals surface area contributed by atoms with Gasteiger partial charge in [-0.3, -0.25) is 9.69 Å². The molecule has 1 aliphatic heterocycles. The van der Waals surface area contributed by atoms with E-state index < -0.39 is 0 Å². The Morgan fingerprint density at radius 2 is 1.76 bits per heavy atom. The lowest BCUT2D eigenvalue weighted by atomic mass is 10.1. The molecule has 7 heteroatoms. The molecule has 1 fully saturated rings. The molecular weight excluding hydrogens is 543 g/mol. The van der Waals surface area contributed by atoms with Crippen LogP contribution in [0.2, 0.25) is 0 Å². The van der Waals surface area contributed by atoms with Crippen LogP contribution in [0.3, 0.4) is 0 Å². The Balaban J connectivity index is 1.16. The number of fused-ring (bicyclic) bond motifs is 2. The number of benzene rings is 4. The number of hydrogen-bond acceptors (Lipinski definition) is 3. The molecule has 0 atom stereocenters. The van der Waals surface area contributed by atoms with Gasteiger partial charge in [0.15, 0.2) is 5.17 Å². The second kappa shape index (κ2) is 11.2. The summed E-state index contributed by atoms with van der Waals surface area (Å²) in [7, 11) is 0. The summed E-state index contributed by atoms with van der Waals surface area (Å²) in [6.07, 6.45) is 6.70. The topological polar surface area (TPSA) is 53.4 Å². The van der Waals surface area contributed by atoms with E-state index in [0.29, 0.717) is 29.6 Å². The number of carbonyl (C=O) groups is 1. The van der Waals surface area contributed by atoms with Crippen LogP contribution >= 0.6 is 11.8 Å². The van der Waals surface area contributed by atoms with Crippen LogP contribution in [0.25, 0.3) is 27.9 Å². The maximum atomic E-state index is 13.7. The van der Waals surface area contributed by atoms with Crippen molar-refractivity contribution in [2.24, 2.45) is 4.99 Å². The monoisotopic (exact) mass is 570 g/mol. The molecule has 1 aliphatic rings. The number of H-pyrrole nitrogens is 1. The highest BCUT2D eigenvalue weighted by Crippen LogP contribution is 2.35. The number of para-hydroxylation sites is 2. The molecule has 0 radical (unpaired) electrons. The first-order valence-corrected chi connectivity index (χ1v) is 14.7. The first-order chi connectivity index (χ1) is 20.6. The number of nitrogens with one attached hydrogen (secondary N) is 1. The molecule has 42 heavy (non-hydrogen) atoms. The standard InChI is InChI=1S/C35H27FN4OS/c36-28-8-6-7-25(20-28)23-39-17-15-26-19-24(13-14-32(26)39)21-33-34(41)40(35(42-33)38-29-9-2-1-3-10-29)18-16-27-22-37-31-12-5-4-11-30(27)31/h1-15,17,19-22,37H,16,18,23H2/b33-21-,38-35?. The summed E-state index contributed by atoms with van der Waals surface area (Å²) in [6.45, 7) is 1.11. The third kappa shape index (κ3) is 5.27. The number of rotatable bonds is 7. The van der Waals surface area contributed by atoms with Gasteiger partial charge in [-0.15, -0.1) is 0 Å². The van der Waals surface area contributed by atoms with E-state index >= 15 is 0 Å². The highest BCUT2D eigenvalue weighted by molar-refractivity contribution is 8.18. The molecule has 7 rings (SSSR count). The fourth-order valence-electron chi connectivity index (χ4n) is 5.40. The minimum absolute atomic E-state index is 0.0432. The molecule has 1 amide bonds. The van der Waals surface area contributed by atoms with Crippen molar-refractivity contribution in [3.63, 3.8) is 0 Å². The normalized spacial score (nSPS) is 15.5. The zero-order valence-corrected chi connectivity index (χ0v) is 23.5. The van der Waals surface area contributed by atoms with E-state index in [1.54, 1.807) is 17.0 Å². The molecule has 3 heterocycles. The van der Waals surface area contributed by atoms with Crippen LogP contribution in [0, 0.1) is 5.82 Å². The van der Waals surface area contributed by atoms with Crippen molar-refractivity contribution < 1.29 is 9.18 Å². The molecule has 6 aromatic rings. The van der Waals surface area contributed by atoms with Crippen LogP contribution < -0.4 is 0 Å². The molecule has 0 aliphatic carbocycles. The lowest BCUT2D eigenvalue weighted by molar-refractivity contribution is -0.122. The molecular formula is C35H27FN4OS. The molecule has 2 aromatic heterocycles. The molecule has 1 N–H and O–H groups in total. The smallest absolute Gasteiger partial charge is 0.266 e. The van der Waals surface area contributed by atoms with Crippen LogP contribution in [0.5, 0.6) is 0 Å². The minimum atomic E-state index is -0.234. The number of carbonyl (C=O) groups excluding carboxylic acids is 1. The zero-order chi connectivity index (χ0) is 28.5. The molecule has 5 nitrogen and oxygen atoms in total. The van der Waals surface area contributed by atoms with Gasteiger partial charge in [0.2, 0.25) is 0 Å². The third-order valence-electron chi connectivity index (χ3n) is 7.48. The number of amides is 1. The fourth-order valence-corrected chi connectivity index (χ4v) is 6.43. The summed E-state index contributed by atoms with van der Waals surface area (Å²) >= 11 is 1.41. The minimum Gasteiger partial charge on any atom is -0.361 e. The Hall–Kier alpha value is -4.88. The van der Waals surface area contributed by atoms with Gasteiger partial charge in [-0.1, -0.05) is 54.6 Å². The number of halogens is 1. The average molecular weight is 571 g/mol. The van der Waals surface area contributed by atoms with E-state index in [4.69, 9.17) is 4.99 Å². The van der Waals surface area contributed by atoms with Gasteiger partial charge < -0.3 is 9.55 Å². The Kier molecular flexibility index (Phi) is 6.93. The number of aromatic nitrogens is 2. The zero-order valence-electron chi connectivity index (χ0n) is 22.7. The van der Waals surface area contributed by atoms with Gasteiger partial charge in [-0.05, 0) is 89.5 Å². The second-order valence-electron chi connectivity index (χ2n) is 10.3. The summed E-state index contributed by atoms with van der Waals surface area (Å²) in [5, 5.41) is 2.91. The Morgan fingerprint density at radius 3 is 2.64 bits per heavy atom. The number of aromatic amines is 1. The van der Waals surface area contributed by atoms with Crippen molar-refractivity contribution in [3.8, 4) is 0 Å². The van der Waals surface area contributed by atoms with Crippen LogP contribution in [0.4, 0.5) is 10.1 Å². The van der Waals surface area contributed by atoms with Crippen LogP contribution in [-0.2, 0) is 17.8 Å². The highest BCUT2D eigenvalue weighted by atomic mass is 32.2. The average Bonchev–Trinajstić information content (AvgIpc) is 3.68. The fraction of sp³-hybridized carbons (Fsp3) is 0.0857. The van der Waals surface area contributed by atoms with Gasteiger partial charge in [0.25, 0.3) is 5.91 Å². The summed E-state index contributed by atoms with van der Waals surface area (Å²) in [5.41, 5.74) is 5.98. The molecule has 4 aromatic carbocycles. The van der Waals surface area contributed by atoms with Crippen molar-refractivity contribution in [2.45, 2.75) is 13.0 Å². The quantitative estimate of drug-likeness (QED) is 0.197. The summed E-state index contributed by atoms with van der Waals surface area (Å²) in [5.74, 6) is -0.277. The van der Waals surface area contributed by atoms with Crippen LogP contribution in [0.15, 0.2) is 125 Å². The van der Waals surface area contributed by atoms with Crippen molar-refractivity contribution in [1.29, 1.82) is 0 Å². The van der Waals surface area contributed by atoms with Gasteiger partial charge in [0.1, 0.15) is 5.82 Å². The number of hydrogen-bond donors (Lipinski definition) is 1. The van der Waals surface area contributed by atoms with Gasteiger partial charge in [-0.2, -0.15) is 0 Å². The Bertz CT molecular complexity index is 1990.